The second-order valence-electron chi connectivity index (χ2n) is 3.83. The molecule has 7 nitrogen and oxygen atoms in total. The van der Waals surface area contributed by atoms with Crippen molar-refractivity contribution < 1.29 is 28.9 Å². The molecule has 18 heavy (non-hydrogen) atoms. The topological polar surface area (TPSA) is 94.1 Å². The van der Waals surface area contributed by atoms with E-state index in [2.05, 4.69) is 10.1 Å². The molecule has 0 aromatic heterocycles. The third-order valence-corrected chi connectivity index (χ3v) is 2.30. The fraction of sp³-hybridized carbons (Fsp3) is 0.500. The first-order valence-corrected chi connectivity index (χ1v) is 5.38. The number of cyclic esters (lactones) is 1. The molecule has 0 amide bonds. The summed E-state index contributed by atoms with van der Waals surface area (Å²) >= 11 is 4.85. The Kier molecular flexibility index (Phi) is 4.12. The standard InChI is InChI=1S/C10H13NO6S/c1-10(2)16-8(13)6(9(14)17-10)7(18)11-4-5(12)15-3/h13H,4H2,1-3H3,(H,11,18). The van der Waals surface area contributed by atoms with Crippen LogP contribution in [-0.4, -0.2) is 41.5 Å². The van der Waals surface area contributed by atoms with Crippen LogP contribution in [0.4, 0.5) is 0 Å². The van der Waals surface area contributed by atoms with Gasteiger partial charge in [0.25, 0.3) is 11.7 Å². The monoisotopic (exact) mass is 275 g/mol. The number of hydrogen-bond acceptors (Lipinski definition) is 7. The molecule has 1 heterocycles. The van der Waals surface area contributed by atoms with Crippen LogP contribution < -0.4 is 5.32 Å². The molecule has 1 rings (SSSR count). The lowest BCUT2D eigenvalue weighted by Crippen LogP contribution is -2.42. The number of ether oxygens (including phenoxy) is 3. The van der Waals surface area contributed by atoms with Gasteiger partial charge in [-0.25, -0.2) is 4.79 Å². The van der Waals surface area contributed by atoms with Gasteiger partial charge in [-0.15, -0.1) is 0 Å². The van der Waals surface area contributed by atoms with Crippen molar-refractivity contribution in [1.82, 2.24) is 5.32 Å². The number of methoxy groups -OCH3 is 1. The van der Waals surface area contributed by atoms with Crippen molar-refractivity contribution in [3.8, 4) is 0 Å². The van der Waals surface area contributed by atoms with Crippen molar-refractivity contribution in [1.29, 1.82) is 0 Å². The van der Waals surface area contributed by atoms with E-state index in [0.29, 0.717) is 0 Å². The molecule has 1 aliphatic heterocycles. The molecule has 1 aliphatic rings. The number of nitrogens with one attached hydrogen (secondary N) is 1. The molecular weight excluding hydrogens is 262 g/mol. The maximum Gasteiger partial charge on any atom is 0.351 e. The van der Waals surface area contributed by atoms with Gasteiger partial charge in [0.05, 0.1) is 7.11 Å². The minimum absolute atomic E-state index is 0.154. The Bertz CT molecular complexity index is 428. The van der Waals surface area contributed by atoms with Crippen LogP contribution in [0.1, 0.15) is 13.8 Å². The van der Waals surface area contributed by atoms with Crippen LogP contribution in [0, 0.1) is 0 Å². The summed E-state index contributed by atoms with van der Waals surface area (Å²) in [5.41, 5.74) is -0.326. The summed E-state index contributed by atoms with van der Waals surface area (Å²) in [6.07, 6.45) is 0. The van der Waals surface area contributed by atoms with E-state index in [1.807, 2.05) is 0 Å². The average Bonchev–Trinajstić information content (AvgIpc) is 2.22. The second kappa shape index (κ2) is 5.21. The highest BCUT2D eigenvalue weighted by molar-refractivity contribution is 7.80. The van der Waals surface area contributed by atoms with Gasteiger partial charge in [-0.2, -0.15) is 0 Å². The molecule has 8 heteroatoms. The quantitative estimate of drug-likeness (QED) is 0.555. The van der Waals surface area contributed by atoms with Crippen LogP contribution in [0.2, 0.25) is 0 Å². The maximum atomic E-state index is 11.6. The summed E-state index contributed by atoms with van der Waals surface area (Å²) in [6.45, 7) is 2.69. The lowest BCUT2D eigenvalue weighted by Gasteiger charge is -2.30. The summed E-state index contributed by atoms with van der Waals surface area (Å²) in [7, 11) is 1.21. The number of carbonyl (C=O) groups is 2. The van der Waals surface area contributed by atoms with E-state index >= 15 is 0 Å². The average molecular weight is 275 g/mol. The van der Waals surface area contributed by atoms with E-state index in [-0.39, 0.29) is 17.1 Å². The summed E-state index contributed by atoms with van der Waals surface area (Å²) < 4.78 is 14.2. The Labute approximate surface area is 109 Å². The van der Waals surface area contributed by atoms with E-state index in [1.54, 1.807) is 0 Å². The minimum Gasteiger partial charge on any atom is -0.480 e. The second-order valence-corrected chi connectivity index (χ2v) is 4.24. The van der Waals surface area contributed by atoms with Gasteiger partial charge >= 0.3 is 11.9 Å². The largest absolute Gasteiger partial charge is 0.480 e. The van der Waals surface area contributed by atoms with Crippen molar-refractivity contribution in [3.05, 3.63) is 11.5 Å². The normalized spacial score (nSPS) is 17.6. The summed E-state index contributed by atoms with van der Waals surface area (Å²) in [6, 6.07) is 0. The number of carbonyl (C=O) groups excluding carboxylic acids is 2. The van der Waals surface area contributed by atoms with E-state index in [1.165, 1.54) is 21.0 Å². The molecule has 2 N–H and O–H groups in total. The summed E-state index contributed by atoms with van der Waals surface area (Å²) in [4.78, 5) is 22.4. The van der Waals surface area contributed by atoms with Gasteiger partial charge in [-0.1, -0.05) is 12.2 Å². The lowest BCUT2D eigenvalue weighted by atomic mass is 10.2. The van der Waals surface area contributed by atoms with Gasteiger partial charge in [0.2, 0.25) is 0 Å². The molecule has 0 aromatic carbocycles. The van der Waals surface area contributed by atoms with Crippen molar-refractivity contribution in [2.24, 2.45) is 0 Å². The van der Waals surface area contributed by atoms with Crippen LogP contribution in [0.15, 0.2) is 11.5 Å². The Hall–Kier alpha value is -1.83. The Morgan fingerprint density at radius 1 is 1.50 bits per heavy atom. The molecular formula is C10H13NO6S. The van der Waals surface area contributed by atoms with E-state index in [4.69, 9.17) is 21.7 Å². The fourth-order valence-electron chi connectivity index (χ4n) is 1.17. The predicted octanol–water partition coefficient (Wildman–Crippen LogP) is 0.155. The molecule has 0 bridgehead atoms. The molecule has 0 aliphatic carbocycles. The maximum absolute atomic E-state index is 11.6. The van der Waals surface area contributed by atoms with Gasteiger partial charge in [-0.05, 0) is 0 Å². The van der Waals surface area contributed by atoms with Crippen molar-refractivity contribution >= 4 is 29.1 Å². The van der Waals surface area contributed by atoms with Crippen LogP contribution in [0.3, 0.4) is 0 Å². The lowest BCUT2D eigenvalue weighted by molar-refractivity contribution is -0.220. The van der Waals surface area contributed by atoms with E-state index < -0.39 is 23.7 Å². The molecule has 0 unspecified atom stereocenters. The van der Waals surface area contributed by atoms with Gasteiger partial charge < -0.3 is 24.6 Å². The van der Waals surface area contributed by atoms with Crippen molar-refractivity contribution in [2.45, 2.75) is 19.6 Å². The first-order chi connectivity index (χ1) is 8.26. The number of aliphatic hydroxyl groups is 1. The van der Waals surface area contributed by atoms with E-state index in [0.717, 1.165) is 0 Å². The molecule has 0 saturated heterocycles. The highest BCUT2D eigenvalue weighted by Gasteiger charge is 2.38. The SMILES string of the molecule is COC(=O)CNC(=S)C1=C(O)OC(C)(C)OC1=O. The first kappa shape index (κ1) is 14.2. The zero-order valence-corrected chi connectivity index (χ0v) is 10.9. The Morgan fingerprint density at radius 3 is 2.61 bits per heavy atom. The van der Waals surface area contributed by atoms with Gasteiger partial charge in [0.15, 0.2) is 5.57 Å². The van der Waals surface area contributed by atoms with Crippen LogP contribution in [-0.2, 0) is 23.8 Å². The van der Waals surface area contributed by atoms with Gasteiger partial charge in [0.1, 0.15) is 11.5 Å². The highest BCUT2D eigenvalue weighted by Crippen LogP contribution is 2.25. The van der Waals surface area contributed by atoms with Crippen molar-refractivity contribution in [2.75, 3.05) is 13.7 Å². The smallest absolute Gasteiger partial charge is 0.351 e. The molecule has 0 fully saturated rings. The zero-order valence-electron chi connectivity index (χ0n) is 10.1. The van der Waals surface area contributed by atoms with Crippen LogP contribution in [0.5, 0.6) is 0 Å². The summed E-state index contributed by atoms with van der Waals surface area (Å²) in [5, 5.41) is 12.0. The minimum atomic E-state index is -1.26. The molecule has 0 atom stereocenters. The first-order valence-electron chi connectivity index (χ1n) is 4.97. The zero-order chi connectivity index (χ0) is 13.9. The Morgan fingerprint density at radius 2 is 2.11 bits per heavy atom. The van der Waals surface area contributed by atoms with Crippen LogP contribution >= 0.6 is 12.2 Å². The third kappa shape index (κ3) is 3.33. The third-order valence-electron chi connectivity index (χ3n) is 1.95. The number of aliphatic hydroxyl groups excluding tert-OH is 1. The van der Waals surface area contributed by atoms with Gasteiger partial charge in [-0.3, -0.25) is 4.79 Å². The molecule has 100 valence electrons. The molecule has 0 spiro atoms. The number of rotatable bonds is 3. The van der Waals surface area contributed by atoms with Gasteiger partial charge in [0, 0.05) is 13.8 Å². The number of esters is 2. The fourth-order valence-corrected chi connectivity index (χ4v) is 1.41. The predicted molar refractivity (Wildman–Crippen MR) is 63.5 cm³/mol. The van der Waals surface area contributed by atoms with Crippen molar-refractivity contribution in [3.63, 3.8) is 0 Å². The molecule has 0 radical (unpaired) electrons. The summed E-state index contributed by atoms with van der Waals surface area (Å²) in [5.74, 6) is -3.30. The van der Waals surface area contributed by atoms with E-state index in [9.17, 15) is 14.7 Å². The number of hydrogen-bond donors (Lipinski definition) is 2. The highest BCUT2D eigenvalue weighted by atomic mass is 32.1. The molecule has 0 aromatic rings. The number of thiocarbonyl (C=S) groups is 1. The molecule has 0 saturated carbocycles. The van der Waals surface area contributed by atoms with Crippen LogP contribution in [0.25, 0.3) is 0 Å². The Balaban J connectivity index is 2.79.